The van der Waals surface area contributed by atoms with Crippen molar-refractivity contribution in [2.75, 3.05) is 0 Å². The van der Waals surface area contributed by atoms with Gasteiger partial charge in [0, 0.05) is 30.8 Å². The number of aryl methyl sites for hydroxylation is 1. The van der Waals surface area contributed by atoms with Gasteiger partial charge in [0.05, 0.1) is 5.69 Å². The Morgan fingerprint density at radius 3 is 2.56 bits per heavy atom. The summed E-state index contributed by atoms with van der Waals surface area (Å²) >= 11 is 6.16. The minimum atomic E-state index is 0.567. The van der Waals surface area contributed by atoms with E-state index in [1.807, 2.05) is 19.1 Å². The van der Waals surface area contributed by atoms with E-state index in [-0.39, 0.29) is 0 Å². The van der Waals surface area contributed by atoms with Crippen LogP contribution in [0.15, 0.2) is 24.5 Å². The lowest BCUT2D eigenvalue weighted by Gasteiger charge is -2.09. The summed E-state index contributed by atoms with van der Waals surface area (Å²) in [5.41, 5.74) is 3.16. The van der Waals surface area contributed by atoms with E-state index >= 15 is 0 Å². The first-order valence-corrected chi connectivity index (χ1v) is 6.49. The molecule has 2 rings (SSSR count). The number of nitrogens with zero attached hydrogens (tertiary/aromatic N) is 3. The zero-order chi connectivity index (χ0) is 13.0. The summed E-state index contributed by atoms with van der Waals surface area (Å²) in [5, 5.41) is 0.567. The molecule has 0 aliphatic rings. The molecule has 0 amide bonds. The molecule has 0 atom stereocenters. The highest BCUT2D eigenvalue weighted by Crippen LogP contribution is 2.18. The summed E-state index contributed by atoms with van der Waals surface area (Å²) < 4.78 is 0. The van der Waals surface area contributed by atoms with Crippen LogP contribution < -0.4 is 0 Å². The van der Waals surface area contributed by atoms with Gasteiger partial charge in [0.15, 0.2) is 0 Å². The molecule has 0 unspecified atom stereocenters. The van der Waals surface area contributed by atoms with Crippen LogP contribution in [0.5, 0.6) is 0 Å². The molecule has 94 valence electrons. The van der Waals surface area contributed by atoms with Crippen molar-refractivity contribution in [1.82, 2.24) is 15.0 Å². The molecular formula is C14H16ClN3. The van der Waals surface area contributed by atoms with Crippen LogP contribution in [-0.4, -0.2) is 15.0 Å². The first-order valence-electron chi connectivity index (χ1n) is 6.11. The van der Waals surface area contributed by atoms with E-state index in [0.29, 0.717) is 5.15 Å². The zero-order valence-corrected chi connectivity index (χ0v) is 11.4. The number of rotatable bonds is 4. The maximum atomic E-state index is 6.16. The Labute approximate surface area is 112 Å². The molecule has 0 radical (unpaired) electrons. The molecule has 0 aliphatic carbocycles. The lowest BCUT2D eigenvalue weighted by Crippen LogP contribution is -2.04. The number of halogens is 1. The van der Waals surface area contributed by atoms with Gasteiger partial charge in [-0.25, -0.2) is 9.97 Å². The van der Waals surface area contributed by atoms with Crippen molar-refractivity contribution in [2.24, 2.45) is 0 Å². The SMILES string of the molecule is CCCc1nc(Cl)c(C)c(Cc2ccncc2)n1. The van der Waals surface area contributed by atoms with E-state index in [2.05, 4.69) is 21.9 Å². The van der Waals surface area contributed by atoms with Crippen LogP contribution in [0.1, 0.15) is 36.0 Å². The predicted molar refractivity (Wildman–Crippen MR) is 72.8 cm³/mol. The van der Waals surface area contributed by atoms with Crippen LogP contribution >= 0.6 is 11.6 Å². The summed E-state index contributed by atoms with van der Waals surface area (Å²) in [7, 11) is 0. The number of pyridine rings is 1. The second kappa shape index (κ2) is 5.91. The van der Waals surface area contributed by atoms with Crippen molar-refractivity contribution in [3.8, 4) is 0 Å². The van der Waals surface area contributed by atoms with E-state index in [1.165, 1.54) is 5.56 Å². The molecule has 0 fully saturated rings. The first kappa shape index (κ1) is 13.0. The van der Waals surface area contributed by atoms with Crippen molar-refractivity contribution in [2.45, 2.75) is 33.1 Å². The summed E-state index contributed by atoms with van der Waals surface area (Å²) in [6, 6.07) is 3.99. The normalized spacial score (nSPS) is 10.6. The number of hydrogen-bond acceptors (Lipinski definition) is 3. The molecule has 18 heavy (non-hydrogen) atoms. The van der Waals surface area contributed by atoms with Gasteiger partial charge in [-0.3, -0.25) is 4.98 Å². The van der Waals surface area contributed by atoms with E-state index in [9.17, 15) is 0 Å². The van der Waals surface area contributed by atoms with Gasteiger partial charge >= 0.3 is 0 Å². The summed E-state index contributed by atoms with van der Waals surface area (Å²) in [6.07, 6.45) is 6.24. The Kier molecular flexibility index (Phi) is 4.26. The molecule has 2 aromatic rings. The van der Waals surface area contributed by atoms with E-state index in [1.54, 1.807) is 12.4 Å². The van der Waals surface area contributed by atoms with Crippen LogP contribution in [-0.2, 0) is 12.8 Å². The van der Waals surface area contributed by atoms with Crippen molar-refractivity contribution < 1.29 is 0 Å². The maximum absolute atomic E-state index is 6.16. The predicted octanol–water partition coefficient (Wildman–Crippen LogP) is 3.38. The quantitative estimate of drug-likeness (QED) is 0.792. The fourth-order valence-corrected chi connectivity index (χ4v) is 1.99. The van der Waals surface area contributed by atoms with E-state index in [4.69, 9.17) is 11.6 Å². The molecule has 0 aliphatic heterocycles. The highest BCUT2D eigenvalue weighted by atomic mass is 35.5. The topological polar surface area (TPSA) is 38.7 Å². The minimum absolute atomic E-state index is 0.567. The molecule has 0 N–H and O–H groups in total. The Morgan fingerprint density at radius 2 is 1.89 bits per heavy atom. The minimum Gasteiger partial charge on any atom is -0.265 e. The smallest absolute Gasteiger partial charge is 0.135 e. The van der Waals surface area contributed by atoms with Crippen LogP contribution in [0, 0.1) is 6.92 Å². The Hall–Kier alpha value is -1.48. The third-order valence-electron chi connectivity index (χ3n) is 2.83. The molecule has 0 saturated carbocycles. The molecule has 0 aromatic carbocycles. The first-order chi connectivity index (χ1) is 8.70. The highest BCUT2D eigenvalue weighted by Gasteiger charge is 2.09. The molecule has 0 spiro atoms. The molecule has 0 saturated heterocycles. The van der Waals surface area contributed by atoms with Crippen LogP contribution in [0.4, 0.5) is 0 Å². The Bertz CT molecular complexity index is 526. The number of aromatic nitrogens is 3. The fourth-order valence-electron chi connectivity index (χ4n) is 1.78. The van der Waals surface area contributed by atoms with Gasteiger partial charge in [-0.1, -0.05) is 18.5 Å². The monoisotopic (exact) mass is 261 g/mol. The Balaban J connectivity index is 2.31. The van der Waals surface area contributed by atoms with Gasteiger partial charge in [0.2, 0.25) is 0 Å². The number of hydrogen-bond donors (Lipinski definition) is 0. The lowest BCUT2D eigenvalue weighted by atomic mass is 10.1. The molecule has 2 aromatic heterocycles. The standard InChI is InChI=1S/C14H16ClN3/c1-3-4-13-17-12(10(2)14(15)18-13)9-11-5-7-16-8-6-11/h5-8H,3-4,9H2,1-2H3. The summed E-state index contributed by atoms with van der Waals surface area (Å²) in [5.74, 6) is 0.831. The van der Waals surface area contributed by atoms with Crippen molar-refractivity contribution >= 4 is 11.6 Å². The lowest BCUT2D eigenvalue weighted by molar-refractivity contribution is 0.811. The van der Waals surface area contributed by atoms with E-state index < -0.39 is 0 Å². The Morgan fingerprint density at radius 1 is 1.17 bits per heavy atom. The molecular weight excluding hydrogens is 246 g/mol. The summed E-state index contributed by atoms with van der Waals surface area (Å²) in [4.78, 5) is 12.9. The maximum Gasteiger partial charge on any atom is 0.135 e. The average molecular weight is 262 g/mol. The van der Waals surface area contributed by atoms with Crippen LogP contribution in [0.3, 0.4) is 0 Å². The van der Waals surface area contributed by atoms with Crippen molar-refractivity contribution in [3.63, 3.8) is 0 Å². The van der Waals surface area contributed by atoms with Gasteiger partial charge < -0.3 is 0 Å². The third-order valence-corrected chi connectivity index (χ3v) is 3.20. The zero-order valence-electron chi connectivity index (χ0n) is 10.7. The fraction of sp³-hybridized carbons (Fsp3) is 0.357. The van der Waals surface area contributed by atoms with Gasteiger partial charge in [-0.05, 0) is 31.0 Å². The van der Waals surface area contributed by atoms with Gasteiger partial charge in [-0.2, -0.15) is 0 Å². The van der Waals surface area contributed by atoms with Gasteiger partial charge in [-0.15, -0.1) is 0 Å². The highest BCUT2D eigenvalue weighted by molar-refractivity contribution is 6.30. The second-order valence-electron chi connectivity index (χ2n) is 4.28. The van der Waals surface area contributed by atoms with Crippen molar-refractivity contribution in [1.29, 1.82) is 0 Å². The van der Waals surface area contributed by atoms with Crippen LogP contribution in [0.2, 0.25) is 5.15 Å². The molecule has 3 nitrogen and oxygen atoms in total. The van der Waals surface area contributed by atoms with Gasteiger partial charge in [0.25, 0.3) is 0 Å². The van der Waals surface area contributed by atoms with E-state index in [0.717, 1.165) is 36.3 Å². The van der Waals surface area contributed by atoms with Crippen LogP contribution in [0.25, 0.3) is 0 Å². The molecule has 2 heterocycles. The van der Waals surface area contributed by atoms with Gasteiger partial charge in [0.1, 0.15) is 11.0 Å². The molecule has 0 bridgehead atoms. The largest absolute Gasteiger partial charge is 0.265 e. The summed E-state index contributed by atoms with van der Waals surface area (Å²) in [6.45, 7) is 4.08. The molecule has 4 heteroatoms. The van der Waals surface area contributed by atoms with Crippen molar-refractivity contribution in [3.05, 3.63) is 52.3 Å². The average Bonchev–Trinajstić information content (AvgIpc) is 2.37. The second-order valence-corrected chi connectivity index (χ2v) is 4.64. The third kappa shape index (κ3) is 3.05.